The molecule has 0 unspecified atom stereocenters. The quantitative estimate of drug-likeness (QED) is 0.866. The summed E-state index contributed by atoms with van der Waals surface area (Å²) in [6.07, 6.45) is 1.59. The molecule has 0 radical (unpaired) electrons. The van der Waals surface area contributed by atoms with Gasteiger partial charge in [0, 0.05) is 12.1 Å². The van der Waals surface area contributed by atoms with Crippen LogP contribution in [0.3, 0.4) is 0 Å². The van der Waals surface area contributed by atoms with E-state index < -0.39 is 0 Å². The van der Waals surface area contributed by atoms with Crippen molar-refractivity contribution < 1.29 is 9.21 Å². The van der Waals surface area contributed by atoms with Crippen LogP contribution < -0.4 is 11.1 Å². The van der Waals surface area contributed by atoms with Crippen molar-refractivity contribution in [2.45, 2.75) is 19.5 Å². The van der Waals surface area contributed by atoms with Crippen LogP contribution in [0, 0.1) is 0 Å². The van der Waals surface area contributed by atoms with Gasteiger partial charge in [0.2, 0.25) is 0 Å². The molecule has 0 bridgehead atoms. The summed E-state index contributed by atoms with van der Waals surface area (Å²) < 4.78 is 5.24. The summed E-state index contributed by atoms with van der Waals surface area (Å²) in [6.45, 7) is 2.36. The fourth-order valence-electron chi connectivity index (χ4n) is 1.68. The summed E-state index contributed by atoms with van der Waals surface area (Å²) in [4.78, 5) is 12.0. The molecule has 94 valence electrons. The third-order valence-electron chi connectivity index (χ3n) is 2.77. The maximum absolute atomic E-state index is 12.0. The number of furan rings is 1. The molecule has 0 aliphatic carbocycles. The predicted octanol–water partition coefficient (Wildman–Crippen LogP) is 2.23. The van der Waals surface area contributed by atoms with Crippen LogP contribution in [0.2, 0.25) is 0 Å². The monoisotopic (exact) mass is 244 g/mol. The van der Waals surface area contributed by atoms with Crippen LogP contribution in [0.15, 0.2) is 47.1 Å². The lowest BCUT2D eigenvalue weighted by atomic mass is 10.1. The highest BCUT2D eigenvalue weighted by Gasteiger charge is 2.12. The van der Waals surface area contributed by atoms with Crippen molar-refractivity contribution in [1.29, 1.82) is 0 Å². The molecule has 0 saturated heterocycles. The summed E-state index contributed by atoms with van der Waals surface area (Å²) in [5, 5.41) is 2.87. The van der Waals surface area contributed by atoms with Gasteiger partial charge in [-0.3, -0.25) is 4.79 Å². The van der Waals surface area contributed by atoms with E-state index in [9.17, 15) is 4.79 Å². The lowest BCUT2D eigenvalue weighted by Crippen LogP contribution is -2.26. The lowest BCUT2D eigenvalue weighted by molar-refractivity contribution is 0.0935. The van der Waals surface area contributed by atoms with Gasteiger partial charge in [-0.1, -0.05) is 12.1 Å². The fourth-order valence-corrected chi connectivity index (χ4v) is 1.68. The van der Waals surface area contributed by atoms with E-state index in [1.54, 1.807) is 24.5 Å². The highest BCUT2D eigenvalue weighted by molar-refractivity contribution is 5.94. The van der Waals surface area contributed by atoms with Gasteiger partial charge in [0.25, 0.3) is 5.91 Å². The van der Waals surface area contributed by atoms with Crippen LogP contribution in [0.25, 0.3) is 0 Å². The predicted molar refractivity (Wildman–Crippen MR) is 68.9 cm³/mol. The number of nitrogens with two attached hydrogens (primary N) is 1. The van der Waals surface area contributed by atoms with Crippen molar-refractivity contribution in [3.8, 4) is 0 Å². The highest BCUT2D eigenvalue weighted by Crippen LogP contribution is 2.13. The highest BCUT2D eigenvalue weighted by atomic mass is 16.3. The molecule has 1 aromatic heterocycles. The molecule has 2 rings (SSSR count). The minimum Gasteiger partial charge on any atom is -0.467 e. The third-order valence-corrected chi connectivity index (χ3v) is 2.77. The van der Waals surface area contributed by atoms with Gasteiger partial charge in [0.05, 0.1) is 12.3 Å². The Morgan fingerprint density at radius 1 is 1.33 bits per heavy atom. The van der Waals surface area contributed by atoms with E-state index >= 15 is 0 Å². The number of rotatable bonds is 4. The largest absolute Gasteiger partial charge is 0.467 e. The molecule has 0 aliphatic rings. The van der Waals surface area contributed by atoms with E-state index in [2.05, 4.69) is 5.32 Å². The molecule has 4 nitrogen and oxygen atoms in total. The first kappa shape index (κ1) is 12.4. The number of nitrogens with one attached hydrogen (secondary N) is 1. The van der Waals surface area contributed by atoms with Crippen LogP contribution >= 0.6 is 0 Å². The number of hydrogen-bond acceptors (Lipinski definition) is 3. The summed E-state index contributed by atoms with van der Waals surface area (Å²) in [5.41, 5.74) is 7.13. The average Bonchev–Trinajstić information content (AvgIpc) is 2.92. The maximum atomic E-state index is 12.0. The molecule has 1 atom stereocenters. The van der Waals surface area contributed by atoms with Gasteiger partial charge < -0.3 is 15.5 Å². The normalized spacial score (nSPS) is 12.1. The number of benzene rings is 1. The minimum atomic E-state index is -0.151. The Morgan fingerprint density at radius 2 is 2.06 bits per heavy atom. The molecule has 0 aliphatic heterocycles. The van der Waals surface area contributed by atoms with Crippen molar-refractivity contribution in [1.82, 2.24) is 5.32 Å². The van der Waals surface area contributed by atoms with Gasteiger partial charge >= 0.3 is 0 Å². The van der Waals surface area contributed by atoms with Crippen LogP contribution in [0.4, 0.5) is 0 Å². The molecule has 0 spiro atoms. The van der Waals surface area contributed by atoms with Gasteiger partial charge in [0.1, 0.15) is 5.76 Å². The molecule has 2 aromatic rings. The Balaban J connectivity index is 2.03. The van der Waals surface area contributed by atoms with Crippen molar-refractivity contribution in [3.63, 3.8) is 0 Å². The zero-order chi connectivity index (χ0) is 13.0. The number of hydrogen-bond donors (Lipinski definition) is 2. The first-order chi connectivity index (χ1) is 8.70. The molecule has 4 heteroatoms. The van der Waals surface area contributed by atoms with Crippen molar-refractivity contribution in [2.24, 2.45) is 5.73 Å². The van der Waals surface area contributed by atoms with Crippen molar-refractivity contribution in [3.05, 3.63) is 59.5 Å². The second-order valence-electron chi connectivity index (χ2n) is 4.11. The van der Waals surface area contributed by atoms with E-state index in [-0.39, 0.29) is 11.9 Å². The Labute approximate surface area is 106 Å². The Hall–Kier alpha value is -2.07. The average molecular weight is 244 g/mol. The van der Waals surface area contributed by atoms with Gasteiger partial charge in [-0.15, -0.1) is 0 Å². The Kier molecular flexibility index (Phi) is 3.79. The first-order valence-corrected chi connectivity index (χ1v) is 5.84. The zero-order valence-corrected chi connectivity index (χ0v) is 10.2. The lowest BCUT2D eigenvalue weighted by Gasteiger charge is -2.11. The molecule has 1 amide bonds. The molecule has 18 heavy (non-hydrogen) atoms. The van der Waals surface area contributed by atoms with Gasteiger partial charge in [0.15, 0.2) is 0 Å². The molecule has 0 fully saturated rings. The van der Waals surface area contributed by atoms with Crippen molar-refractivity contribution in [2.75, 3.05) is 0 Å². The molecule has 1 aromatic carbocycles. The number of carbonyl (C=O) groups excluding carboxylic acids is 1. The molecule has 0 saturated carbocycles. The van der Waals surface area contributed by atoms with E-state index in [0.717, 1.165) is 11.3 Å². The first-order valence-electron chi connectivity index (χ1n) is 5.84. The van der Waals surface area contributed by atoms with Crippen molar-refractivity contribution >= 4 is 5.91 Å². The van der Waals surface area contributed by atoms with Gasteiger partial charge in [-0.05, 0) is 36.8 Å². The molecule has 1 heterocycles. The number of amides is 1. The van der Waals surface area contributed by atoms with Crippen LogP contribution in [-0.2, 0) is 6.54 Å². The van der Waals surface area contributed by atoms with E-state index in [0.29, 0.717) is 12.1 Å². The molecular formula is C14H16N2O2. The van der Waals surface area contributed by atoms with Crippen LogP contribution in [0.5, 0.6) is 0 Å². The summed E-state index contributed by atoms with van der Waals surface area (Å²) in [5.74, 6) is 0.615. The van der Waals surface area contributed by atoms with Gasteiger partial charge in [-0.25, -0.2) is 0 Å². The summed E-state index contributed by atoms with van der Waals surface area (Å²) in [7, 11) is 0. The topological polar surface area (TPSA) is 68.3 Å². The number of carbonyl (C=O) groups is 1. The fraction of sp³-hybridized carbons (Fsp3) is 0.214. The minimum absolute atomic E-state index is 0.123. The molecular weight excluding hydrogens is 228 g/mol. The smallest absolute Gasteiger partial charge is 0.251 e. The molecule has 3 N–H and O–H groups in total. The second kappa shape index (κ2) is 5.51. The van der Waals surface area contributed by atoms with E-state index in [4.69, 9.17) is 10.2 Å². The summed E-state index contributed by atoms with van der Waals surface area (Å²) in [6, 6.07) is 10.7. The maximum Gasteiger partial charge on any atom is 0.251 e. The van der Waals surface area contributed by atoms with E-state index in [1.807, 2.05) is 25.1 Å². The second-order valence-corrected chi connectivity index (χ2v) is 4.11. The zero-order valence-electron chi connectivity index (χ0n) is 10.2. The van der Waals surface area contributed by atoms with Gasteiger partial charge in [-0.2, -0.15) is 0 Å². The summed E-state index contributed by atoms with van der Waals surface area (Å²) >= 11 is 0. The van der Waals surface area contributed by atoms with Crippen LogP contribution in [0.1, 0.15) is 34.6 Å². The Bertz CT molecular complexity index is 503. The SMILES string of the molecule is C[C@H](NC(=O)c1ccc(CN)cc1)c1ccco1. The standard InChI is InChI=1S/C14H16N2O2/c1-10(13-3-2-8-18-13)16-14(17)12-6-4-11(9-15)5-7-12/h2-8,10H,9,15H2,1H3,(H,16,17)/t10-/m0/s1. The third kappa shape index (κ3) is 2.78. The van der Waals surface area contributed by atoms with E-state index in [1.165, 1.54) is 0 Å². The van der Waals surface area contributed by atoms with Crippen LogP contribution in [-0.4, -0.2) is 5.91 Å². The Morgan fingerprint density at radius 3 is 2.61 bits per heavy atom.